The number of carbonyl (C=O) groups excluding carboxylic acids is 2. The Kier molecular flexibility index (Phi) is 6.45. The maximum absolute atomic E-state index is 12.4. The molecule has 0 aliphatic rings. The molecule has 1 atom stereocenters. The third kappa shape index (κ3) is 5.11. The van der Waals surface area contributed by atoms with Crippen molar-refractivity contribution in [2.24, 2.45) is 0 Å². The molecule has 0 aliphatic heterocycles. The van der Waals surface area contributed by atoms with Crippen LogP contribution in [0.25, 0.3) is 27.2 Å². The van der Waals surface area contributed by atoms with Gasteiger partial charge in [0, 0.05) is 21.7 Å². The minimum Gasteiger partial charge on any atom is -0.480 e. The van der Waals surface area contributed by atoms with Crippen molar-refractivity contribution >= 4 is 50.6 Å². The number of fused-ring (bicyclic) bond motifs is 3. The Hall–Kier alpha value is -3.20. The molecule has 8 nitrogen and oxygen atoms in total. The molecule has 164 valence electrons. The largest absolute Gasteiger partial charge is 0.480 e. The highest BCUT2D eigenvalue weighted by Crippen LogP contribution is 2.37. The Bertz CT molecular complexity index is 1160. The molecule has 0 bridgehead atoms. The number of amides is 1. The van der Waals surface area contributed by atoms with Gasteiger partial charge >= 0.3 is 12.1 Å². The zero-order valence-electron chi connectivity index (χ0n) is 18.3. The average molecular weight is 444 g/mol. The fraction of sp³-hybridized carbons (Fsp3) is 0.364. The number of nitrogens with zero attached hydrogens (tertiary/aromatic N) is 2. The van der Waals surface area contributed by atoms with Crippen molar-refractivity contribution in [3.05, 3.63) is 34.8 Å². The van der Waals surface area contributed by atoms with Gasteiger partial charge in [-0.15, -0.1) is 11.3 Å². The van der Waals surface area contributed by atoms with Crippen molar-refractivity contribution in [2.45, 2.75) is 39.3 Å². The van der Waals surface area contributed by atoms with Crippen molar-refractivity contribution < 1.29 is 23.8 Å². The second kappa shape index (κ2) is 8.89. The molecule has 1 unspecified atom stereocenters. The van der Waals surface area contributed by atoms with E-state index >= 15 is 0 Å². The van der Waals surface area contributed by atoms with Gasteiger partial charge in [0.05, 0.1) is 31.4 Å². The number of alkyl carbamates (subject to hydrolysis) is 1. The van der Waals surface area contributed by atoms with E-state index in [9.17, 15) is 9.59 Å². The van der Waals surface area contributed by atoms with Gasteiger partial charge in [-0.25, -0.2) is 19.6 Å². The number of carbonyl (C=O) groups is 2. The lowest BCUT2D eigenvalue weighted by molar-refractivity contribution is 0.0517. The van der Waals surface area contributed by atoms with Gasteiger partial charge < -0.3 is 19.5 Å². The van der Waals surface area contributed by atoms with E-state index in [1.54, 1.807) is 32.9 Å². The van der Waals surface area contributed by atoms with Crippen LogP contribution in [0.4, 0.5) is 4.79 Å². The molecule has 1 N–H and O–H groups in total. The van der Waals surface area contributed by atoms with E-state index in [-0.39, 0.29) is 6.04 Å². The molecule has 9 heteroatoms. The standard InChI is InChI=1S/C22H25N3O5S/c1-12(24-21(27)30-22(2,3)4)7-8-13-17-15(31-19(13)20(26)29-6)10-9-14-18(17)23-11-16(25-14)28-5/h7-12H,1-6H3,(H,24,27)/b8-7+. The van der Waals surface area contributed by atoms with Crippen molar-refractivity contribution in [1.82, 2.24) is 15.3 Å². The van der Waals surface area contributed by atoms with Crippen LogP contribution < -0.4 is 10.1 Å². The summed E-state index contributed by atoms with van der Waals surface area (Å²) >= 11 is 1.32. The number of nitrogens with one attached hydrogen (secondary N) is 1. The monoisotopic (exact) mass is 443 g/mol. The maximum Gasteiger partial charge on any atom is 0.408 e. The molecule has 3 aromatic rings. The van der Waals surface area contributed by atoms with Crippen molar-refractivity contribution in [3.8, 4) is 5.88 Å². The molecular formula is C22H25N3O5S. The zero-order chi connectivity index (χ0) is 22.8. The lowest BCUT2D eigenvalue weighted by Gasteiger charge is -2.21. The fourth-order valence-electron chi connectivity index (χ4n) is 2.96. The van der Waals surface area contributed by atoms with E-state index in [2.05, 4.69) is 15.3 Å². The van der Waals surface area contributed by atoms with Crippen LogP contribution in [0, 0.1) is 0 Å². The average Bonchev–Trinajstić information content (AvgIpc) is 3.08. The molecule has 2 aromatic heterocycles. The number of thiophene rings is 1. The van der Waals surface area contributed by atoms with E-state index in [0.29, 0.717) is 27.4 Å². The Morgan fingerprint density at radius 2 is 1.97 bits per heavy atom. The molecule has 3 rings (SSSR count). The summed E-state index contributed by atoms with van der Waals surface area (Å²) in [4.78, 5) is 33.8. The first-order valence-corrected chi connectivity index (χ1v) is 10.5. The summed E-state index contributed by atoms with van der Waals surface area (Å²) in [5.74, 6) is -0.0363. The minimum absolute atomic E-state index is 0.337. The summed E-state index contributed by atoms with van der Waals surface area (Å²) in [5, 5.41) is 3.55. The highest BCUT2D eigenvalue weighted by atomic mass is 32.1. The number of benzene rings is 1. The number of aromatic nitrogens is 2. The smallest absolute Gasteiger partial charge is 0.408 e. The summed E-state index contributed by atoms with van der Waals surface area (Å²) in [7, 11) is 2.87. The fourth-order valence-corrected chi connectivity index (χ4v) is 4.07. The van der Waals surface area contributed by atoms with Crippen LogP contribution in [0.1, 0.15) is 42.9 Å². The van der Waals surface area contributed by atoms with Gasteiger partial charge in [0.15, 0.2) is 0 Å². The van der Waals surface area contributed by atoms with Crippen LogP contribution in [0.15, 0.2) is 24.4 Å². The molecule has 0 saturated heterocycles. The van der Waals surface area contributed by atoms with Gasteiger partial charge in [0.2, 0.25) is 5.88 Å². The lowest BCUT2D eigenvalue weighted by atomic mass is 10.1. The van der Waals surface area contributed by atoms with Crippen LogP contribution in [-0.4, -0.2) is 47.9 Å². The number of ether oxygens (including phenoxy) is 3. The number of rotatable bonds is 5. The quantitative estimate of drug-likeness (QED) is 0.577. The third-order valence-electron chi connectivity index (χ3n) is 4.26. The van der Waals surface area contributed by atoms with E-state index in [1.165, 1.54) is 31.8 Å². The number of methoxy groups -OCH3 is 2. The molecule has 0 spiro atoms. The summed E-state index contributed by atoms with van der Waals surface area (Å²) in [6.45, 7) is 7.21. The van der Waals surface area contributed by atoms with E-state index < -0.39 is 17.7 Å². The number of hydrogen-bond donors (Lipinski definition) is 1. The van der Waals surface area contributed by atoms with Crippen LogP contribution in [0.5, 0.6) is 5.88 Å². The zero-order valence-corrected chi connectivity index (χ0v) is 19.1. The molecule has 31 heavy (non-hydrogen) atoms. The third-order valence-corrected chi connectivity index (χ3v) is 5.41. The van der Waals surface area contributed by atoms with Gasteiger partial charge in [-0.05, 0) is 39.8 Å². The van der Waals surface area contributed by atoms with E-state index in [4.69, 9.17) is 14.2 Å². The molecule has 1 amide bonds. The minimum atomic E-state index is -0.590. The SMILES string of the molecule is COC(=O)c1sc2ccc3nc(OC)cnc3c2c1/C=C/C(C)NC(=O)OC(C)(C)C. The second-order valence-corrected chi connectivity index (χ2v) is 8.90. The van der Waals surface area contributed by atoms with Crippen LogP contribution in [0.2, 0.25) is 0 Å². The molecular weight excluding hydrogens is 418 g/mol. The Labute approximate surface area is 184 Å². The first-order chi connectivity index (χ1) is 14.6. The molecule has 1 aromatic carbocycles. The molecule has 2 heterocycles. The summed E-state index contributed by atoms with van der Waals surface area (Å²) in [6, 6.07) is 3.39. The maximum atomic E-state index is 12.4. The predicted octanol–water partition coefficient (Wildman–Crippen LogP) is 4.57. The van der Waals surface area contributed by atoms with Crippen LogP contribution in [0.3, 0.4) is 0 Å². The molecule has 0 radical (unpaired) electrons. The van der Waals surface area contributed by atoms with Gasteiger partial charge in [-0.2, -0.15) is 0 Å². The number of esters is 1. The molecule has 0 fully saturated rings. The highest BCUT2D eigenvalue weighted by molar-refractivity contribution is 7.21. The lowest BCUT2D eigenvalue weighted by Crippen LogP contribution is -2.36. The van der Waals surface area contributed by atoms with E-state index in [1.807, 2.05) is 19.1 Å². The van der Waals surface area contributed by atoms with Crippen molar-refractivity contribution in [2.75, 3.05) is 14.2 Å². The Balaban J connectivity index is 2.04. The summed E-state index contributed by atoms with van der Waals surface area (Å²) < 4.78 is 16.3. The summed E-state index contributed by atoms with van der Waals surface area (Å²) in [5.41, 5.74) is 1.37. The first kappa shape index (κ1) is 22.5. The Morgan fingerprint density at radius 3 is 2.61 bits per heavy atom. The summed E-state index contributed by atoms with van der Waals surface area (Å²) in [6.07, 6.45) is 4.60. The number of hydrogen-bond acceptors (Lipinski definition) is 8. The van der Waals surface area contributed by atoms with Gasteiger partial charge in [0.25, 0.3) is 0 Å². The van der Waals surface area contributed by atoms with Gasteiger partial charge in [0.1, 0.15) is 10.5 Å². The van der Waals surface area contributed by atoms with Crippen LogP contribution in [-0.2, 0) is 9.47 Å². The van der Waals surface area contributed by atoms with E-state index in [0.717, 1.165) is 10.1 Å². The molecule has 0 aliphatic carbocycles. The second-order valence-electron chi connectivity index (χ2n) is 7.85. The predicted molar refractivity (Wildman–Crippen MR) is 121 cm³/mol. The highest BCUT2D eigenvalue weighted by Gasteiger charge is 2.21. The Morgan fingerprint density at radius 1 is 1.23 bits per heavy atom. The normalized spacial score (nSPS) is 12.8. The van der Waals surface area contributed by atoms with Crippen LogP contribution >= 0.6 is 11.3 Å². The van der Waals surface area contributed by atoms with Crippen molar-refractivity contribution in [3.63, 3.8) is 0 Å². The van der Waals surface area contributed by atoms with Crippen molar-refractivity contribution in [1.29, 1.82) is 0 Å². The topological polar surface area (TPSA) is 99.6 Å². The molecule has 0 saturated carbocycles. The first-order valence-electron chi connectivity index (χ1n) is 9.65. The van der Waals surface area contributed by atoms with Gasteiger partial charge in [-0.1, -0.05) is 12.2 Å². The van der Waals surface area contributed by atoms with Gasteiger partial charge in [-0.3, -0.25) is 0 Å².